The van der Waals surface area contributed by atoms with Crippen molar-refractivity contribution in [2.24, 2.45) is 0 Å². The number of thioether (sulfide) groups is 1. The molecule has 0 bridgehead atoms. The number of hydrogen-bond acceptors (Lipinski definition) is 4. The van der Waals surface area contributed by atoms with Gasteiger partial charge in [0, 0.05) is 22.0 Å². The number of carbonyl (C=O) groups excluding carboxylic acids is 1. The van der Waals surface area contributed by atoms with Gasteiger partial charge in [0.05, 0.1) is 5.75 Å². The minimum Gasteiger partial charge on any atom is -0.325 e. The number of carbonyl (C=O) groups is 1. The number of nitrogens with one attached hydrogen (secondary N) is 1. The van der Waals surface area contributed by atoms with E-state index in [1.807, 2.05) is 43.3 Å². The van der Waals surface area contributed by atoms with E-state index in [2.05, 4.69) is 15.5 Å². The molecule has 162 valence electrons. The molecular formula is C24H20ClFN4OS. The first-order chi connectivity index (χ1) is 15.5. The maximum atomic E-state index is 13.5. The Morgan fingerprint density at radius 3 is 2.47 bits per heavy atom. The van der Waals surface area contributed by atoms with E-state index in [-0.39, 0.29) is 17.5 Å². The summed E-state index contributed by atoms with van der Waals surface area (Å²) in [7, 11) is 0. The molecule has 0 spiro atoms. The van der Waals surface area contributed by atoms with Gasteiger partial charge in [0.15, 0.2) is 11.0 Å². The SMILES string of the molecule is CCc1ccccc1NC(=O)CSc1nnc(-c2ccc(Cl)cc2)n1-c1ccc(F)cc1. The quantitative estimate of drug-likeness (QED) is 0.338. The van der Waals surface area contributed by atoms with E-state index in [0.29, 0.717) is 21.7 Å². The van der Waals surface area contributed by atoms with Crippen molar-refractivity contribution >= 4 is 35.0 Å². The Labute approximate surface area is 194 Å². The van der Waals surface area contributed by atoms with E-state index in [4.69, 9.17) is 11.6 Å². The number of amides is 1. The molecule has 0 saturated carbocycles. The smallest absolute Gasteiger partial charge is 0.234 e. The number of rotatable bonds is 7. The molecule has 1 amide bonds. The van der Waals surface area contributed by atoms with Crippen molar-refractivity contribution in [1.82, 2.24) is 14.8 Å². The Bertz CT molecular complexity index is 1230. The normalized spacial score (nSPS) is 10.8. The Morgan fingerprint density at radius 1 is 1.03 bits per heavy atom. The fourth-order valence-corrected chi connectivity index (χ4v) is 4.12. The number of hydrogen-bond donors (Lipinski definition) is 1. The minimum atomic E-state index is -0.335. The molecule has 4 rings (SSSR count). The number of nitrogens with zero attached hydrogens (tertiary/aromatic N) is 3. The Balaban J connectivity index is 1.60. The van der Waals surface area contributed by atoms with E-state index >= 15 is 0 Å². The van der Waals surface area contributed by atoms with Crippen molar-refractivity contribution in [3.8, 4) is 17.1 Å². The lowest BCUT2D eigenvalue weighted by molar-refractivity contribution is -0.113. The van der Waals surface area contributed by atoms with Crippen LogP contribution >= 0.6 is 23.4 Å². The number of aryl methyl sites for hydroxylation is 1. The summed E-state index contributed by atoms with van der Waals surface area (Å²) in [6.45, 7) is 2.04. The summed E-state index contributed by atoms with van der Waals surface area (Å²) in [4.78, 5) is 12.6. The third-order valence-electron chi connectivity index (χ3n) is 4.83. The van der Waals surface area contributed by atoms with E-state index in [1.54, 1.807) is 28.8 Å². The lowest BCUT2D eigenvalue weighted by Gasteiger charge is -2.11. The molecule has 32 heavy (non-hydrogen) atoms. The van der Waals surface area contributed by atoms with Gasteiger partial charge in [0.2, 0.25) is 5.91 Å². The van der Waals surface area contributed by atoms with Crippen molar-refractivity contribution < 1.29 is 9.18 Å². The summed E-state index contributed by atoms with van der Waals surface area (Å²) in [6, 6.07) is 21.0. The fraction of sp³-hybridized carbons (Fsp3) is 0.125. The second kappa shape index (κ2) is 9.97. The first-order valence-corrected chi connectivity index (χ1v) is 11.4. The Kier molecular flexibility index (Phi) is 6.87. The van der Waals surface area contributed by atoms with Crippen LogP contribution in [0.3, 0.4) is 0 Å². The van der Waals surface area contributed by atoms with E-state index in [9.17, 15) is 9.18 Å². The molecular weight excluding hydrogens is 447 g/mol. The summed E-state index contributed by atoms with van der Waals surface area (Å²) in [5.41, 5.74) is 3.38. The van der Waals surface area contributed by atoms with Crippen molar-refractivity contribution in [2.45, 2.75) is 18.5 Å². The van der Waals surface area contributed by atoms with Crippen molar-refractivity contribution in [1.29, 1.82) is 0 Å². The van der Waals surface area contributed by atoms with Crippen LogP contribution in [0.25, 0.3) is 17.1 Å². The first-order valence-electron chi connectivity index (χ1n) is 10.0. The molecule has 0 aliphatic carbocycles. The van der Waals surface area contributed by atoms with Crippen LogP contribution in [0.1, 0.15) is 12.5 Å². The largest absolute Gasteiger partial charge is 0.325 e. The first kappa shape index (κ1) is 22.0. The average Bonchev–Trinajstić information content (AvgIpc) is 3.23. The van der Waals surface area contributed by atoms with Gasteiger partial charge in [-0.1, -0.05) is 48.5 Å². The Morgan fingerprint density at radius 2 is 1.75 bits per heavy atom. The van der Waals surface area contributed by atoms with E-state index in [0.717, 1.165) is 23.2 Å². The van der Waals surface area contributed by atoms with Gasteiger partial charge >= 0.3 is 0 Å². The maximum absolute atomic E-state index is 13.5. The number of anilines is 1. The molecule has 1 heterocycles. The van der Waals surface area contributed by atoms with Crippen LogP contribution in [0.15, 0.2) is 78.0 Å². The molecule has 0 aliphatic rings. The standard InChI is InChI=1S/C24H20ClFN4OS/c1-2-16-5-3-4-6-21(16)27-22(31)15-32-24-29-28-23(17-7-9-18(25)10-8-17)30(24)20-13-11-19(26)12-14-20/h3-14H,2,15H2,1H3,(H,27,31). The van der Waals surface area contributed by atoms with Crippen LogP contribution in [0.2, 0.25) is 5.02 Å². The zero-order valence-corrected chi connectivity index (χ0v) is 18.8. The average molecular weight is 467 g/mol. The van der Waals surface area contributed by atoms with Crippen LogP contribution in [0.5, 0.6) is 0 Å². The molecule has 0 saturated heterocycles. The molecule has 5 nitrogen and oxygen atoms in total. The predicted molar refractivity (Wildman–Crippen MR) is 127 cm³/mol. The molecule has 0 unspecified atom stereocenters. The van der Waals surface area contributed by atoms with Gasteiger partial charge < -0.3 is 5.32 Å². The van der Waals surface area contributed by atoms with Gasteiger partial charge in [0.25, 0.3) is 0 Å². The summed E-state index contributed by atoms with van der Waals surface area (Å²) in [5, 5.41) is 12.7. The zero-order chi connectivity index (χ0) is 22.5. The Hall–Kier alpha value is -3.16. The second-order valence-corrected chi connectivity index (χ2v) is 8.35. The second-order valence-electron chi connectivity index (χ2n) is 6.97. The molecule has 3 aromatic carbocycles. The molecule has 4 aromatic rings. The lowest BCUT2D eigenvalue weighted by Crippen LogP contribution is -2.15. The van der Waals surface area contributed by atoms with Crippen LogP contribution < -0.4 is 5.32 Å². The summed E-state index contributed by atoms with van der Waals surface area (Å²) < 4.78 is 15.3. The van der Waals surface area contributed by atoms with Crippen LogP contribution in [0, 0.1) is 5.82 Å². The highest BCUT2D eigenvalue weighted by Gasteiger charge is 2.18. The van der Waals surface area contributed by atoms with Gasteiger partial charge in [-0.2, -0.15) is 0 Å². The van der Waals surface area contributed by atoms with Gasteiger partial charge in [0.1, 0.15) is 5.82 Å². The number of benzene rings is 3. The van der Waals surface area contributed by atoms with Crippen LogP contribution in [-0.2, 0) is 11.2 Å². The van der Waals surface area contributed by atoms with E-state index < -0.39 is 0 Å². The summed E-state index contributed by atoms with van der Waals surface area (Å²) in [6.07, 6.45) is 0.826. The van der Waals surface area contributed by atoms with Gasteiger partial charge in [-0.05, 0) is 66.6 Å². The third kappa shape index (κ3) is 5.00. The van der Waals surface area contributed by atoms with E-state index in [1.165, 1.54) is 23.9 Å². The molecule has 1 aromatic heterocycles. The summed E-state index contributed by atoms with van der Waals surface area (Å²) in [5.74, 6) is 0.251. The number of aromatic nitrogens is 3. The number of para-hydroxylation sites is 1. The molecule has 1 N–H and O–H groups in total. The van der Waals surface area contributed by atoms with Gasteiger partial charge in [-0.25, -0.2) is 4.39 Å². The number of halogens is 2. The molecule has 0 atom stereocenters. The molecule has 0 fully saturated rings. The highest BCUT2D eigenvalue weighted by molar-refractivity contribution is 7.99. The predicted octanol–water partition coefficient (Wildman–Crippen LogP) is 6.02. The van der Waals surface area contributed by atoms with Crippen LogP contribution in [0.4, 0.5) is 10.1 Å². The van der Waals surface area contributed by atoms with Crippen LogP contribution in [-0.4, -0.2) is 26.4 Å². The monoisotopic (exact) mass is 466 g/mol. The van der Waals surface area contributed by atoms with Gasteiger partial charge in [-0.3, -0.25) is 9.36 Å². The lowest BCUT2D eigenvalue weighted by atomic mass is 10.1. The highest BCUT2D eigenvalue weighted by Crippen LogP contribution is 2.29. The van der Waals surface area contributed by atoms with Gasteiger partial charge in [-0.15, -0.1) is 10.2 Å². The zero-order valence-electron chi connectivity index (χ0n) is 17.3. The molecule has 8 heteroatoms. The van der Waals surface area contributed by atoms with Crippen molar-refractivity contribution in [2.75, 3.05) is 11.1 Å². The van der Waals surface area contributed by atoms with Crippen molar-refractivity contribution in [3.63, 3.8) is 0 Å². The fourth-order valence-electron chi connectivity index (χ4n) is 3.24. The highest BCUT2D eigenvalue weighted by atomic mass is 35.5. The van der Waals surface area contributed by atoms with Crippen molar-refractivity contribution in [3.05, 3.63) is 89.2 Å². The topological polar surface area (TPSA) is 59.8 Å². The molecule has 0 radical (unpaired) electrons. The molecule has 0 aliphatic heterocycles. The maximum Gasteiger partial charge on any atom is 0.234 e. The third-order valence-corrected chi connectivity index (χ3v) is 6.01. The minimum absolute atomic E-state index is 0.141. The summed E-state index contributed by atoms with van der Waals surface area (Å²) >= 11 is 7.28.